The first-order valence-corrected chi connectivity index (χ1v) is 12.2. The molecule has 2 aliphatic rings. The molecule has 2 heterocycles. The molecule has 10 heteroatoms. The summed E-state index contributed by atoms with van der Waals surface area (Å²) in [7, 11) is 1.23. The van der Waals surface area contributed by atoms with E-state index < -0.39 is 23.4 Å². The summed E-state index contributed by atoms with van der Waals surface area (Å²) in [6.45, 7) is 4.77. The number of nitrogens with zero attached hydrogens (tertiary/aromatic N) is 2. The standard InChI is InChI=1S/C27H31N3O7/c1-27(2)24(32)30(25(33)28-27)20-10-7-11-21(22(20)23(31)35-3)36-16-19-12-14-29(15-13-19)26(34)37-17-18-8-5-4-6-9-18/h4-11,19H,12-17H2,1-3H3,(H,28,33). The number of ether oxygens (including phenoxy) is 3. The van der Waals surface area contributed by atoms with Crippen molar-refractivity contribution in [2.45, 2.75) is 38.8 Å². The van der Waals surface area contributed by atoms with Crippen molar-refractivity contribution >= 4 is 29.7 Å². The summed E-state index contributed by atoms with van der Waals surface area (Å²) in [4.78, 5) is 53.1. The van der Waals surface area contributed by atoms with Crippen LogP contribution in [-0.2, 0) is 20.9 Å². The normalized spacial score (nSPS) is 17.4. The number of carbonyl (C=O) groups is 4. The van der Waals surface area contributed by atoms with Gasteiger partial charge in [0.05, 0.1) is 19.4 Å². The maximum absolute atomic E-state index is 12.8. The number of piperidine rings is 1. The molecule has 37 heavy (non-hydrogen) atoms. The minimum absolute atomic E-state index is 0.00752. The molecule has 196 valence electrons. The second-order valence-electron chi connectivity index (χ2n) is 9.62. The third kappa shape index (κ3) is 5.68. The number of benzene rings is 2. The Morgan fingerprint density at radius 1 is 1.03 bits per heavy atom. The molecule has 0 aliphatic carbocycles. The van der Waals surface area contributed by atoms with Gasteiger partial charge in [-0.1, -0.05) is 36.4 Å². The van der Waals surface area contributed by atoms with E-state index in [0.29, 0.717) is 32.5 Å². The largest absolute Gasteiger partial charge is 0.492 e. The summed E-state index contributed by atoms with van der Waals surface area (Å²) in [6, 6.07) is 13.6. The van der Waals surface area contributed by atoms with Gasteiger partial charge in [0.1, 0.15) is 23.5 Å². The molecule has 0 spiro atoms. The first-order chi connectivity index (χ1) is 17.7. The molecule has 0 radical (unpaired) electrons. The van der Waals surface area contributed by atoms with Gasteiger partial charge in [-0.15, -0.1) is 0 Å². The van der Waals surface area contributed by atoms with Gasteiger partial charge in [0, 0.05) is 13.1 Å². The van der Waals surface area contributed by atoms with E-state index in [1.165, 1.54) is 13.2 Å². The average Bonchev–Trinajstić information content (AvgIpc) is 3.11. The summed E-state index contributed by atoms with van der Waals surface area (Å²) in [5, 5.41) is 2.61. The minimum atomic E-state index is -1.10. The number of urea groups is 1. The molecule has 0 atom stereocenters. The van der Waals surface area contributed by atoms with Crippen LogP contribution >= 0.6 is 0 Å². The van der Waals surface area contributed by atoms with Gasteiger partial charge in [-0.25, -0.2) is 19.3 Å². The number of hydrogen-bond acceptors (Lipinski definition) is 7. The molecule has 2 aromatic rings. The Kier molecular flexibility index (Phi) is 7.66. The summed E-state index contributed by atoms with van der Waals surface area (Å²) >= 11 is 0. The Morgan fingerprint density at radius 3 is 2.35 bits per heavy atom. The number of methoxy groups -OCH3 is 1. The van der Waals surface area contributed by atoms with Crippen LogP contribution in [0.25, 0.3) is 0 Å². The Bertz CT molecular complexity index is 1170. The van der Waals surface area contributed by atoms with Crippen molar-refractivity contribution in [1.82, 2.24) is 10.2 Å². The fourth-order valence-corrected chi connectivity index (χ4v) is 4.40. The van der Waals surface area contributed by atoms with Crippen molar-refractivity contribution in [2.75, 3.05) is 31.7 Å². The van der Waals surface area contributed by atoms with Crippen LogP contribution in [-0.4, -0.2) is 61.2 Å². The number of esters is 1. The molecule has 1 N–H and O–H groups in total. The van der Waals surface area contributed by atoms with Crippen molar-refractivity contribution < 1.29 is 33.4 Å². The van der Waals surface area contributed by atoms with Gasteiger partial charge in [0.15, 0.2) is 0 Å². The molecule has 4 rings (SSSR count). The van der Waals surface area contributed by atoms with Crippen LogP contribution in [0.2, 0.25) is 0 Å². The highest BCUT2D eigenvalue weighted by Crippen LogP contribution is 2.34. The average molecular weight is 510 g/mol. The maximum Gasteiger partial charge on any atom is 0.410 e. The van der Waals surface area contributed by atoms with Gasteiger partial charge < -0.3 is 24.4 Å². The molecule has 10 nitrogen and oxygen atoms in total. The zero-order valence-electron chi connectivity index (χ0n) is 21.2. The predicted octanol–water partition coefficient (Wildman–Crippen LogP) is 3.74. The van der Waals surface area contributed by atoms with Crippen molar-refractivity contribution in [3.63, 3.8) is 0 Å². The monoisotopic (exact) mass is 509 g/mol. The van der Waals surface area contributed by atoms with E-state index >= 15 is 0 Å². The molecular weight excluding hydrogens is 478 g/mol. The molecule has 0 bridgehead atoms. The maximum atomic E-state index is 12.8. The number of amides is 4. The molecule has 4 amide bonds. The molecule has 2 aromatic carbocycles. The van der Waals surface area contributed by atoms with Crippen LogP contribution in [0, 0.1) is 5.92 Å². The lowest BCUT2D eigenvalue weighted by Crippen LogP contribution is -2.40. The van der Waals surface area contributed by atoms with Gasteiger partial charge in [0.2, 0.25) is 0 Å². The van der Waals surface area contributed by atoms with E-state index in [4.69, 9.17) is 14.2 Å². The number of nitrogens with one attached hydrogen (secondary N) is 1. The van der Waals surface area contributed by atoms with E-state index in [0.717, 1.165) is 10.5 Å². The highest BCUT2D eigenvalue weighted by Gasteiger charge is 2.46. The van der Waals surface area contributed by atoms with Crippen molar-refractivity contribution in [3.8, 4) is 5.75 Å². The Hall–Kier alpha value is -4.08. The zero-order chi connectivity index (χ0) is 26.6. The van der Waals surface area contributed by atoms with Crippen molar-refractivity contribution in [1.29, 1.82) is 0 Å². The van der Waals surface area contributed by atoms with Gasteiger partial charge in [-0.3, -0.25) is 4.79 Å². The van der Waals surface area contributed by atoms with Crippen molar-refractivity contribution in [3.05, 3.63) is 59.7 Å². The van der Waals surface area contributed by atoms with Gasteiger partial charge >= 0.3 is 18.1 Å². The lowest BCUT2D eigenvalue weighted by molar-refractivity contribution is -0.121. The van der Waals surface area contributed by atoms with Crippen LogP contribution in [0.15, 0.2) is 48.5 Å². The second-order valence-corrected chi connectivity index (χ2v) is 9.62. The summed E-state index contributed by atoms with van der Waals surface area (Å²) in [5.74, 6) is -0.833. The minimum Gasteiger partial charge on any atom is -0.492 e. The Morgan fingerprint density at radius 2 is 1.73 bits per heavy atom. The Balaban J connectivity index is 1.38. The van der Waals surface area contributed by atoms with Crippen LogP contribution in [0.5, 0.6) is 5.75 Å². The molecular formula is C27H31N3O7. The zero-order valence-corrected chi connectivity index (χ0v) is 21.2. The molecule has 2 saturated heterocycles. The Labute approximate surface area is 215 Å². The van der Waals surface area contributed by atoms with Crippen LogP contribution < -0.4 is 15.0 Å². The fraction of sp³-hybridized carbons (Fsp3) is 0.407. The smallest absolute Gasteiger partial charge is 0.410 e. The predicted molar refractivity (Wildman–Crippen MR) is 134 cm³/mol. The number of rotatable bonds is 7. The lowest BCUT2D eigenvalue weighted by atomic mass is 9.98. The van der Waals surface area contributed by atoms with Crippen LogP contribution in [0.1, 0.15) is 42.6 Å². The quantitative estimate of drug-likeness (QED) is 0.447. The van der Waals surface area contributed by atoms with E-state index in [1.807, 2.05) is 30.3 Å². The fourth-order valence-electron chi connectivity index (χ4n) is 4.40. The highest BCUT2D eigenvalue weighted by molar-refractivity contribution is 6.25. The summed E-state index contributed by atoms with van der Waals surface area (Å²) in [6.07, 6.45) is 1.06. The lowest BCUT2D eigenvalue weighted by Gasteiger charge is -2.31. The van der Waals surface area contributed by atoms with E-state index in [9.17, 15) is 19.2 Å². The van der Waals surface area contributed by atoms with Crippen LogP contribution in [0.3, 0.4) is 0 Å². The van der Waals surface area contributed by atoms with E-state index in [1.54, 1.807) is 30.9 Å². The van der Waals surface area contributed by atoms with E-state index in [-0.39, 0.29) is 35.6 Å². The number of anilines is 1. The number of carbonyl (C=O) groups excluding carboxylic acids is 4. The second kappa shape index (κ2) is 10.9. The third-order valence-electron chi connectivity index (χ3n) is 6.55. The first kappa shape index (κ1) is 26.0. The molecule has 2 fully saturated rings. The third-order valence-corrected chi connectivity index (χ3v) is 6.55. The molecule has 0 unspecified atom stereocenters. The van der Waals surface area contributed by atoms with Crippen molar-refractivity contribution in [2.24, 2.45) is 5.92 Å². The SMILES string of the molecule is COC(=O)c1c(OCC2CCN(C(=O)OCc3ccccc3)CC2)cccc1N1C(=O)NC(C)(C)C1=O. The van der Waals surface area contributed by atoms with Gasteiger partial charge in [0.25, 0.3) is 5.91 Å². The molecule has 0 saturated carbocycles. The number of likely N-dealkylation sites (tertiary alicyclic amines) is 1. The van der Waals surface area contributed by atoms with Crippen LogP contribution in [0.4, 0.5) is 15.3 Å². The summed E-state index contributed by atoms with van der Waals surface area (Å²) < 4.78 is 16.4. The van der Waals surface area contributed by atoms with Gasteiger partial charge in [-0.2, -0.15) is 0 Å². The topological polar surface area (TPSA) is 114 Å². The summed E-state index contributed by atoms with van der Waals surface area (Å²) in [5.41, 5.74) is -0.0571. The highest BCUT2D eigenvalue weighted by atomic mass is 16.6. The number of imide groups is 1. The van der Waals surface area contributed by atoms with Gasteiger partial charge in [-0.05, 0) is 50.3 Å². The molecule has 0 aromatic heterocycles. The number of hydrogen-bond donors (Lipinski definition) is 1. The first-order valence-electron chi connectivity index (χ1n) is 12.2. The molecule has 2 aliphatic heterocycles. The van der Waals surface area contributed by atoms with E-state index in [2.05, 4.69) is 5.32 Å².